The Labute approximate surface area is 141 Å². The first-order valence-electron chi connectivity index (χ1n) is 8.38. The second-order valence-electron chi connectivity index (χ2n) is 6.58. The van der Waals surface area contributed by atoms with Crippen molar-refractivity contribution in [2.45, 2.75) is 27.2 Å². The number of ether oxygens (including phenoxy) is 1. The van der Waals surface area contributed by atoms with Gasteiger partial charge in [0.1, 0.15) is 11.5 Å². The first kappa shape index (κ1) is 16.5. The first-order chi connectivity index (χ1) is 11.5. The minimum Gasteiger partial charge on any atom is -0.466 e. The van der Waals surface area contributed by atoms with Gasteiger partial charge in [0.2, 0.25) is 0 Å². The molecule has 2 aromatic rings. The smallest absolute Gasteiger partial charge is 0.314 e. The van der Waals surface area contributed by atoms with Crippen LogP contribution < -0.4 is 10.5 Å². The molecule has 1 fully saturated rings. The highest BCUT2D eigenvalue weighted by Crippen LogP contribution is 2.40. The molecule has 1 aliphatic rings. The lowest BCUT2D eigenvalue weighted by Crippen LogP contribution is -2.41. The molecule has 1 aliphatic heterocycles. The van der Waals surface area contributed by atoms with Gasteiger partial charge < -0.3 is 9.64 Å². The van der Waals surface area contributed by atoms with E-state index >= 15 is 0 Å². The SMILES string of the molecule is CCOC(=O)C1(C(C)C)CCN(c2cc(=O)n3ccccc3n2)C1. The fourth-order valence-corrected chi connectivity index (χ4v) is 3.38. The molecule has 0 saturated carbocycles. The van der Waals surface area contributed by atoms with Crippen molar-refractivity contribution < 1.29 is 9.53 Å². The Hall–Kier alpha value is -2.37. The van der Waals surface area contributed by atoms with E-state index in [1.807, 2.05) is 37.8 Å². The zero-order valence-corrected chi connectivity index (χ0v) is 14.4. The van der Waals surface area contributed by atoms with E-state index < -0.39 is 5.41 Å². The summed E-state index contributed by atoms with van der Waals surface area (Å²) in [5.41, 5.74) is -0.0496. The molecule has 0 radical (unpaired) electrons. The van der Waals surface area contributed by atoms with Crippen molar-refractivity contribution in [3.05, 3.63) is 40.8 Å². The van der Waals surface area contributed by atoms with Crippen LogP contribution in [0.15, 0.2) is 35.3 Å². The van der Waals surface area contributed by atoms with E-state index in [0.29, 0.717) is 37.6 Å². The maximum atomic E-state index is 12.5. The van der Waals surface area contributed by atoms with Crippen molar-refractivity contribution in [2.75, 3.05) is 24.6 Å². The largest absolute Gasteiger partial charge is 0.466 e. The summed E-state index contributed by atoms with van der Waals surface area (Å²) in [6.45, 7) is 7.50. The summed E-state index contributed by atoms with van der Waals surface area (Å²) < 4.78 is 6.83. The summed E-state index contributed by atoms with van der Waals surface area (Å²) in [7, 11) is 0. The Kier molecular flexibility index (Phi) is 4.30. The van der Waals surface area contributed by atoms with Crippen molar-refractivity contribution in [3.8, 4) is 0 Å². The second kappa shape index (κ2) is 6.26. The molecular formula is C18H23N3O3. The third-order valence-electron chi connectivity index (χ3n) is 4.97. The maximum absolute atomic E-state index is 12.5. The quantitative estimate of drug-likeness (QED) is 0.804. The minimum atomic E-state index is -0.542. The predicted molar refractivity (Wildman–Crippen MR) is 92.2 cm³/mol. The number of hydrogen-bond acceptors (Lipinski definition) is 5. The molecule has 1 unspecified atom stereocenters. The summed E-state index contributed by atoms with van der Waals surface area (Å²) in [5.74, 6) is 0.626. The average molecular weight is 329 g/mol. The molecule has 3 heterocycles. The Bertz CT molecular complexity index is 815. The molecular weight excluding hydrogens is 306 g/mol. The molecule has 0 N–H and O–H groups in total. The topological polar surface area (TPSA) is 63.9 Å². The number of aromatic nitrogens is 2. The van der Waals surface area contributed by atoms with Crippen molar-refractivity contribution in [2.24, 2.45) is 11.3 Å². The van der Waals surface area contributed by atoms with Crippen molar-refractivity contribution in [3.63, 3.8) is 0 Å². The molecule has 6 heteroatoms. The van der Waals surface area contributed by atoms with Crippen molar-refractivity contribution in [1.82, 2.24) is 9.38 Å². The number of carbonyl (C=O) groups is 1. The number of carbonyl (C=O) groups excluding carboxylic acids is 1. The van der Waals surface area contributed by atoms with E-state index in [-0.39, 0.29) is 17.4 Å². The Morgan fingerprint density at radius 3 is 2.92 bits per heavy atom. The van der Waals surface area contributed by atoms with Gasteiger partial charge in [0.05, 0.1) is 12.0 Å². The lowest BCUT2D eigenvalue weighted by molar-refractivity contribution is -0.156. The third-order valence-corrected chi connectivity index (χ3v) is 4.97. The zero-order valence-electron chi connectivity index (χ0n) is 14.4. The Balaban J connectivity index is 1.95. The van der Waals surface area contributed by atoms with E-state index in [1.165, 1.54) is 10.5 Å². The van der Waals surface area contributed by atoms with Crippen LogP contribution in [0.2, 0.25) is 0 Å². The summed E-state index contributed by atoms with van der Waals surface area (Å²) in [4.78, 5) is 31.4. The number of esters is 1. The molecule has 1 atom stereocenters. The van der Waals surface area contributed by atoms with Crippen LogP contribution in [0.5, 0.6) is 0 Å². The van der Waals surface area contributed by atoms with Gasteiger partial charge in [0.15, 0.2) is 0 Å². The molecule has 0 spiro atoms. The van der Waals surface area contributed by atoms with Crippen LogP contribution in [-0.2, 0) is 9.53 Å². The number of hydrogen-bond donors (Lipinski definition) is 0. The van der Waals surface area contributed by atoms with E-state index in [2.05, 4.69) is 4.98 Å². The van der Waals surface area contributed by atoms with E-state index in [4.69, 9.17) is 4.74 Å². The van der Waals surface area contributed by atoms with Gasteiger partial charge in [-0.25, -0.2) is 4.98 Å². The molecule has 0 aromatic carbocycles. The highest BCUT2D eigenvalue weighted by molar-refractivity contribution is 5.79. The predicted octanol–water partition coefficient (Wildman–Crippen LogP) is 2.11. The molecule has 128 valence electrons. The highest BCUT2D eigenvalue weighted by Gasteiger charge is 2.48. The maximum Gasteiger partial charge on any atom is 0.314 e. The first-order valence-corrected chi connectivity index (χ1v) is 8.38. The molecule has 24 heavy (non-hydrogen) atoms. The van der Waals surface area contributed by atoms with E-state index in [1.54, 1.807) is 12.3 Å². The molecule has 0 bridgehead atoms. The lowest BCUT2D eigenvalue weighted by atomic mass is 9.76. The number of rotatable bonds is 4. The Morgan fingerprint density at radius 2 is 2.21 bits per heavy atom. The average Bonchev–Trinajstić information content (AvgIpc) is 3.02. The van der Waals surface area contributed by atoms with Gasteiger partial charge >= 0.3 is 5.97 Å². The van der Waals surface area contributed by atoms with Crippen LogP contribution in [0.25, 0.3) is 5.65 Å². The standard InChI is InChI=1S/C18H23N3O3/c1-4-24-17(23)18(13(2)3)8-10-20(12-18)15-11-16(22)21-9-6-5-7-14(21)19-15/h5-7,9,11,13H,4,8,10,12H2,1-3H3. The van der Waals surface area contributed by atoms with Crippen LogP contribution in [0.3, 0.4) is 0 Å². The number of pyridine rings is 1. The van der Waals surface area contributed by atoms with Gasteiger partial charge in [-0.2, -0.15) is 0 Å². The van der Waals surface area contributed by atoms with Crippen LogP contribution in [0.4, 0.5) is 5.82 Å². The van der Waals surface area contributed by atoms with Crippen molar-refractivity contribution >= 4 is 17.4 Å². The number of anilines is 1. The molecule has 3 rings (SSSR count). The van der Waals surface area contributed by atoms with Crippen LogP contribution in [-0.4, -0.2) is 35.1 Å². The van der Waals surface area contributed by atoms with Crippen LogP contribution in [0, 0.1) is 11.3 Å². The van der Waals surface area contributed by atoms with Crippen LogP contribution in [0.1, 0.15) is 27.2 Å². The fourth-order valence-electron chi connectivity index (χ4n) is 3.38. The lowest BCUT2D eigenvalue weighted by Gasteiger charge is -2.31. The zero-order chi connectivity index (χ0) is 17.3. The van der Waals surface area contributed by atoms with Gasteiger partial charge in [-0.15, -0.1) is 0 Å². The van der Waals surface area contributed by atoms with Gasteiger partial charge in [-0.3, -0.25) is 14.0 Å². The molecule has 0 amide bonds. The minimum absolute atomic E-state index is 0.117. The molecule has 0 aliphatic carbocycles. The molecule has 6 nitrogen and oxygen atoms in total. The summed E-state index contributed by atoms with van der Waals surface area (Å²) in [6.07, 6.45) is 2.41. The Morgan fingerprint density at radius 1 is 1.42 bits per heavy atom. The molecule has 2 aromatic heterocycles. The monoisotopic (exact) mass is 329 g/mol. The van der Waals surface area contributed by atoms with E-state index in [9.17, 15) is 9.59 Å². The summed E-state index contributed by atoms with van der Waals surface area (Å²) >= 11 is 0. The number of fused-ring (bicyclic) bond motifs is 1. The highest BCUT2D eigenvalue weighted by atomic mass is 16.5. The van der Waals surface area contributed by atoms with Gasteiger partial charge in [-0.05, 0) is 31.4 Å². The van der Waals surface area contributed by atoms with Crippen molar-refractivity contribution in [1.29, 1.82) is 0 Å². The molecule has 1 saturated heterocycles. The number of nitrogens with zero attached hydrogens (tertiary/aromatic N) is 3. The third kappa shape index (κ3) is 2.66. The fraction of sp³-hybridized carbons (Fsp3) is 0.500. The van der Waals surface area contributed by atoms with Crippen LogP contribution >= 0.6 is 0 Å². The van der Waals surface area contributed by atoms with E-state index in [0.717, 1.165) is 0 Å². The summed E-state index contributed by atoms with van der Waals surface area (Å²) in [5, 5.41) is 0. The summed E-state index contributed by atoms with van der Waals surface area (Å²) in [6, 6.07) is 7.00. The second-order valence-corrected chi connectivity index (χ2v) is 6.58. The normalized spacial score (nSPS) is 20.8. The van der Waals surface area contributed by atoms with Gasteiger partial charge in [0.25, 0.3) is 5.56 Å². The van der Waals surface area contributed by atoms with Gasteiger partial charge in [0, 0.05) is 25.4 Å². The van der Waals surface area contributed by atoms with Gasteiger partial charge in [-0.1, -0.05) is 19.9 Å².